The maximum Gasteiger partial charge on any atom is 0.258 e. The van der Waals surface area contributed by atoms with Gasteiger partial charge in [-0.25, -0.2) is 9.97 Å². The van der Waals surface area contributed by atoms with E-state index in [2.05, 4.69) is 15.3 Å². The Balaban J connectivity index is 1.55. The minimum atomic E-state index is -0.208. The molecule has 7 heteroatoms. The van der Waals surface area contributed by atoms with Gasteiger partial charge in [-0.3, -0.25) is 4.79 Å². The van der Waals surface area contributed by atoms with Gasteiger partial charge in [0.25, 0.3) is 5.91 Å². The van der Waals surface area contributed by atoms with Crippen molar-refractivity contribution in [3.8, 4) is 5.75 Å². The Bertz CT molecular complexity index is 710. The minimum absolute atomic E-state index is 0.00693. The number of hydrogen-bond acceptors (Lipinski definition) is 6. The standard InChI is InChI=1S/C18H22N4O3/c1-13-4-2-5-15(8-13)25-12-17(24)21-16-10-22(9-14(16)11-23)18-19-6-3-7-20-18/h2-8,14,16,23H,9-12H2,1H3,(H,21,24). The zero-order valence-corrected chi connectivity index (χ0v) is 14.1. The van der Waals surface area contributed by atoms with Crippen LogP contribution in [0, 0.1) is 12.8 Å². The summed E-state index contributed by atoms with van der Waals surface area (Å²) in [6.45, 7) is 3.07. The van der Waals surface area contributed by atoms with E-state index in [9.17, 15) is 9.90 Å². The molecule has 7 nitrogen and oxygen atoms in total. The van der Waals surface area contributed by atoms with Crippen LogP contribution < -0.4 is 15.0 Å². The summed E-state index contributed by atoms with van der Waals surface area (Å²) in [6.07, 6.45) is 3.36. The topological polar surface area (TPSA) is 87.6 Å². The molecule has 2 heterocycles. The van der Waals surface area contributed by atoms with Gasteiger partial charge < -0.3 is 20.1 Å². The molecule has 0 spiro atoms. The number of aromatic nitrogens is 2. The van der Waals surface area contributed by atoms with Crippen molar-refractivity contribution in [2.45, 2.75) is 13.0 Å². The van der Waals surface area contributed by atoms with Gasteiger partial charge in [0.15, 0.2) is 6.61 Å². The smallest absolute Gasteiger partial charge is 0.258 e. The number of anilines is 1. The lowest BCUT2D eigenvalue weighted by Crippen LogP contribution is -2.43. The van der Waals surface area contributed by atoms with Crippen LogP contribution >= 0.6 is 0 Å². The average molecular weight is 342 g/mol. The summed E-state index contributed by atoms with van der Waals surface area (Å²) in [5, 5.41) is 12.5. The third-order valence-electron chi connectivity index (χ3n) is 4.22. The van der Waals surface area contributed by atoms with Gasteiger partial charge in [0, 0.05) is 38.0 Å². The molecule has 1 fully saturated rings. The van der Waals surface area contributed by atoms with Crippen molar-refractivity contribution in [2.24, 2.45) is 5.92 Å². The number of nitrogens with one attached hydrogen (secondary N) is 1. The van der Waals surface area contributed by atoms with E-state index in [-0.39, 0.29) is 31.1 Å². The molecule has 0 aliphatic carbocycles. The molecule has 1 amide bonds. The molecule has 1 aliphatic heterocycles. The molecule has 2 N–H and O–H groups in total. The largest absolute Gasteiger partial charge is 0.484 e. The molecule has 2 atom stereocenters. The molecule has 1 aliphatic rings. The number of aryl methyl sites for hydroxylation is 1. The summed E-state index contributed by atoms with van der Waals surface area (Å²) in [5.74, 6) is 1.00. The van der Waals surface area contributed by atoms with Crippen molar-refractivity contribution in [3.05, 3.63) is 48.3 Å². The van der Waals surface area contributed by atoms with E-state index in [1.807, 2.05) is 36.1 Å². The van der Waals surface area contributed by atoms with Gasteiger partial charge >= 0.3 is 0 Å². The molecule has 1 saturated heterocycles. The van der Waals surface area contributed by atoms with E-state index in [0.29, 0.717) is 24.8 Å². The fourth-order valence-electron chi connectivity index (χ4n) is 2.94. The van der Waals surface area contributed by atoms with Gasteiger partial charge in [0.1, 0.15) is 5.75 Å². The van der Waals surface area contributed by atoms with Gasteiger partial charge in [0.2, 0.25) is 5.95 Å². The molecule has 1 aromatic heterocycles. The van der Waals surface area contributed by atoms with E-state index in [4.69, 9.17) is 4.74 Å². The van der Waals surface area contributed by atoms with Crippen LogP contribution in [0.1, 0.15) is 5.56 Å². The van der Waals surface area contributed by atoms with Crippen molar-refractivity contribution in [1.82, 2.24) is 15.3 Å². The number of hydrogen-bond donors (Lipinski definition) is 2. The van der Waals surface area contributed by atoms with Gasteiger partial charge in [-0.15, -0.1) is 0 Å². The Kier molecular flexibility index (Phi) is 5.45. The molecular formula is C18H22N4O3. The predicted molar refractivity (Wildman–Crippen MR) is 93.4 cm³/mol. The monoisotopic (exact) mass is 342 g/mol. The highest BCUT2D eigenvalue weighted by Crippen LogP contribution is 2.20. The molecule has 2 unspecified atom stereocenters. The molecule has 1 aromatic carbocycles. The zero-order valence-electron chi connectivity index (χ0n) is 14.1. The van der Waals surface area contributed by atoms with Crippen LogP contribution in [0.15, 0.2) is 42.7 Å². The second kappa shape index (κ2) is 7.94. The highest BCUT2D eigenvalue weighted by molar-refractivity contribution is 5.78. The van der Waals surface area contributed by atoms with Crippen molar-refractivity contribution in [1.29, 1.82) is 0 Å². The Labute approximate surface area is 146 Å². The van der Waals surface area contributed by atoms with Gasteiger partial charge in [-0.1, -0.05) is 12.1 Å². The first-order chi connectivity index (χ1) is 12.2. The minimum Gasteiger partial charge on any atom is -0.484 e. The lowest BCUT2D eigenvalue weighted by Gasteiger charge is -2.18. The van der Waals surface area contributed by atoms with Crippen molar-refractivity contribution >= 4 is 11.9 Å². The van der Waals surface area contributed by atoms with Crippen molar-refractivity contribution in [3.63, 3.8) is 0 Å². The van der Waals surface area contributed by atoms with Gasteiger partial charge in [0.05, 0.1) is 6.04 Å². The number of aliphatic hydroxyl groups is 1. The van der Waals surface area contributed by atoms with Gasteiger partial charge in [-0.2, -0.15) is 0 Å². The van der Waals surface area contributed by atoms with E-state index in [0.717, 1.165) is 5.56 Å². The van der Waals surface area contributed by atoms with Crippen LogP contribution in [0.25, 0.3) is 0 Å². The molecular weight excluding hydrogens is 320 g/mol. The number of rotatable bonds is 6. The molecule has 3 rings (SSSR count). The number of carbonyl (C=O) groups excluding carboxylic acids is 1. The normalized spacial score (nSPS) is 19.7. The molecule has 0 radical (unpaired) electrons. The maximum absolute atomic E-state index is 12.2. The number of aliphatic hydroxyl groups excluding tert-OH is 1. The van der Waals surface area contributed by atoms with E-state index < -0.39 is 0 Å². The first-order valence-corrected chi connectivity index (χ1v) is 8.27. The highest BCUT2D eigenvalue weighted by atomic mass is 16.5. The Morgan fingerprint density at radius 3 is 2.84 bits per heavy atom. The van der Waals surface area contributed by atoms with Crippen LogP contribution in [0.3, 0.4) is 0 Å². The quantitative estimate of drug-likeness (QED) is 0.807. The third kappa shape index (κ3) is 4.45. The van der Waals surface area contributed by atoms with Crippen LogP contribution in [0.2, 0.25) is 0 Å². The van der Waals surface area contributed by atoms with E-state index >= 15 is 0 Å². The summed E-state index contributed by atoms with van der Waals surface area (Å²) < 4.78 is 5.53. The number of nitrogens with zero attached hydrogens (tertiary/aromatic N) is 3. The lowest BCUT2D eigenvalue weighted by molar-refractivity contribution is -0.124. The molecule has 2 aromatic rings. The number of benzene rings is 1. The molecule has 132 valence electrons. The maximum atomic E-state index is 12.2. The Morgan fingerprint density at radius 2 is 2.12 bits per heavy atom. The number of ether oxygens (including phenoxy) is 1. The number of carbonyl (C=O) groups is 1. The SMILES string of the molecule is Cc1cccc(OCC(=O)NC2CN(c3ncccn3)CC2CO)c1. The van der Waals surface area contributed by atoms with Crippen LogP contribution in [-0.4, -0.2) is 53.3 Å². The third-order valence-corrected chi connectivity index (χ3v) is 4.22. The molecule has 0 bridgehead atoms. The van der Waals surface area contributed by atoms with E-state index in [1.54, 1.807) is 18.5 Å². The first-order valence-electron chi connectivity index (χ1n) is 8.27. The van der Waals surface area contributed by atoms with Crippen LogP contribution in [0.4, 0.5) is 5.95 Å². The summed E-state index contributed by atoms with van der Waals surface area (Å²) in [4.78, 5) is 22.6. The Hall–Kier alpha value is -2.67. The van der Waals surface area contributed by atoms with Crippen LogP contribution in [0.5, 0.6) is 5.75 Å². The second-order valence-corrected chi connectivity index (χ2v) is 6.18. The predicted octanol–water partition coefficient (Wildman–Crippen LogP) is 0.777. The summed E-state index contributed by atoms with van der Waals surface area (Å²) >= 11 is 0. The summed E-state index contributed by atoms with van der Waals surface area (Å²) in [5.41, 5.74) is 1.08. The first kappa shape index (κ1) is 17.2. The van der Waals surface area contributed by atoms with Crippen LogP contribution in [-0.2, 0) is 4.79 Å². The second-order valence-electron chi connectivity index (χ2n) is 6.18. The fraction of sp³-hybridized carbons (Fsp3) is 0.389. The van der Waals surface area contributed by atoms with Crippen molar-refractivity contribution < 1.29 is 14.6 Å². The fourth-order valence-corrected chi connectivity index (χ4v) is 2.94. The molecule has 0 saturated carbocycles. The summed E-state index contributed by atoms with van der Waals surface area (Å²) in [6, 6.07) is 9.15. The summed E-state index contributed by atoms with van der Waals surface area (Å²) in [7, 11) is 0. The zero-order chi connectivity index (χ0) is 17.6. The van der Waals surface area contributed by atoms with E-state index in [1.165, 1.54) is 0 Å². The Morgan fingerprint density at radius 1 is 1.32 bits per heavy atom. The van der Waals surface area contributed by atoms with Crippen molar-refractivity contribution in [2.75, 3.05) is 31.2 Å². The van der Waals surface area contributed by atoms with Gasteiger partial charge in [-0.05, 0) is 30.7 Å². The molecule has 25 heavy (non-hydrogen) atoms. The average Bonchev–Trinajstić information content (AvgIpc) is 3.04. The number of amides is 1. The lowest BCUT2D eigenvalue weighted by atomic mass is 10.1. The highest BCUT2D eigenvalue weighted by Gasteiger charge is 2.34.